The highest BCUT2D eigenvalue weighted by Gasteiger charge is 2.38. The normalized spacial score (nSPS) is 17.8. The van der Waals surface area contributed by atoms with Gasteiger partial charge in [0.2, 0.25) is 17.7 Å². The second-order valence-corrected chi connectivity index (χ2v) is 11.0. The number of nitrogens with zero attached hydrogens (tertiary/aromatic N) is 1. The Morgan fingerprint density at radius 3 is 2.12 bits per heavy atom. The Morgan fingerprint density at radius 2 is 1.53 bits per heavy atom. The number of rotatable bonds is 11. The molecule has 1 aliphatic heterocycles. The molecule has 43 heavy (non-hydrogen) atoms. The number of carbonyl (C=O) groups is 4. The molecule has 12 heteroatoms. The van der Waals surface area contributed by atoms with E-state index in [0.717, 1.165) is 32.9 Å². The third-order valence-corrected chi connectivity index (χ3v) is 8.05. The summed E-state index contributed by atoms with van der Waals surface area (Å²) in [5.74, 6) is -3.06. The second kappa shape index (κ2) is 12.7. The smallest absolute Gasteiger partial charge is 0.328 e. The Morgan fingerprint density at radius 1 is 0.953 bits per heavy atom. The number of fused-ring (bicyclic) bond motifs is 2. The molecular formula is C31H36N6O6. The highest BCUT2D eigenvalue weighted by molar-refractivity contribution is 5.95. The maximum atomic E-state index is 13.6. The van der Waals surface area contributed by atoms with Crippen LogP contribution in [-0.2, 0) is 32.0 Å². The van der Waals surface area contributed by atoms with Crippen LogP contribution < -0.4 is 16.4 Å². The molecular weight excluding hydrogens is 552 g/mol. The third-order valence-electron chi connectivity index (χ3n) is 8.05. The number of carboxylic acids is 1. The van der Waals surface area contributed by atoms with Crippen molar-refractivity contribution in [3.8, 4) is 0 Å². The molecule has 0 saturated carbocycles. The van der Waals surface area contributed by atoms with Gasteiger partial charge < -0.3 is 41.4 Å². The highest BCUT2D eigenvalue weighted by atomic mass is 16.4. The number of amides is 3. The number of carbonyl (C=O) groups excluding carboxylic acids is 3. The Hall–Kier alpha value is -4.68. The largest absolute Gasteiger partial charge is 0.480 e. The number of nitrogens with two attached hydrogens (primary N) is 1. The summed E-state index contributed by atoms with van der Waals surface area (Å²) >= 11 is 0. The first kappa shape index (κ1) is 29.8. The molecule has 0 bridgehead atoms. The predicted octanol–water partition coefficient (Wildman–Crippen LogP) is 1.19. The molecule has 5 rings (SSSR count). The SMILES string of the molecule is CC(O)C(NC(=O)C(Cc1c[nH]c2ccccc12)NC(=O)C1CCCN1C(=O)C(N)Cc1c[nH]c2ccccc12)C(=O)O. The van der Waals surface area contributed by atoms with Gasteiger partial charge in [-0.05, 0) is 49.4 Å². The van der Waals surface area contributed by atoms with Crippen molar-refractivity contribution in [1.82, 2.24) is 25.5 Å². The van der Waals surface area contributed by atoms with Gasteiger partial charge in [0.25, 0.3) is 0 Å². The lowest BCUT2D eigenvalue weighted by molar-refractivity contribution is -0.145. The van der Waals surface area contributed by atoms with E-state index in [4.69, 9.17) is 5.73 Å². The number of H-pyrrole nitrogens is 2. The lowest BCUT2D eigenvalue weighted by Crippen LogP contribution is -2.58. The van der Waals surface area contributed by atoms with Gasteiger partial charge in [0, 0.05) is 47.2 Å². The number of aromatic nitrogens is 2. The van der Waals surface area contributed by atoms with Crippen LogP contribution in [0.25, 0.3) is 21.8 Å². The fourth-order valence-corrected chi connectivity index (χ4v) is 5.78. The molecule has 3 heterocycles. The molecule has 4 aromatic rings. The van der Waals surface area contributed by atoms with Crippen LogP contribution in [0.5, 0.6) is 0 Å². The minimum Gasteiger partial charge on any atom is -0.480 e. The number of carboxylic acid groups (broad SMARTS) is 1. The number of para-hydroxylation sites is 2. The van der Waals surface area contributed by atoms with E-state index in [1.807, 2.05) is 54.7 Å². The minimum absolute atomic E-state index is 0.0501. The molecule has 5 atom stereocenters. The number of hydrogen-bond donors (Lipinski definition) is 7. The topological polar surface area (TPSA) is 194 Å². The molecule has 3 amide bonds. The molecule has 1 aliphatic rings. The van der Waals surface area contributed by atoms with Gasteiger partial charge in [0.15, 0.2) is 6.04 Å². The van der Waals surface area contributed by atoms with E-state index in [1.165, 1.54) is 11.8 Å². The van der Waals surface area contributed by atoms with Gasteiger partial charge in [-0.25, -0.2) is 4.79 Å². The Balaban J connectivity index is 1.33. The first-order valence-corrected chi connectivity index (χ1v) is 14.3. The fourth-order valence-electron chi connectivity index (χ4n) is 5.78. The van der Waals surface area contributed by atoms with Crippen LogP contribution in [0.15, 0.2) is 60.9 Å². The first-order valence-electron chi connectivity index (χ1n) is 14.3. The van der Waals surface area contributed by atoms with Gasteiger partial charge in [-0.15, -0.1) is 0 Å². The van der Waals surface area contributed by atoms with E-state index in [2.05, 4.69) is 20.6 Å². The molecule has 2 aromatic heterocycles. The molecule has 226 valence electrons. The molecule has 1 fully saturated rings. The number of hydrogen-bond acceptors (Lipinski definition) is 6. The van der Waals surface area contributed by atoms with Crippen LogP contribution >= 0.6 is 0 Å². The second-order valence-electron chi connectivity index (χ2n) is 11.0. The van der Waals surface area contributed by atoms with Crippen molar-refractivity contribution in [2.45, 2.75) is 62.9 Å². The van der Waals surface area contributed by atoms with E-state index in [-0.39, 0.29) is 18.7 Å². The molecule has 8 N–H and O–H groups in total. The van der Waals surface area contributed by atoms with Crippen LogP contribution in [0.2, 0.25) is 0 Å². The molecule has 2 aromatic carbocycles. The van der Waals surface area contributed by atoms with E-state index in [1.54, 1.807) is 6.20 Å². The molecule has 1 saturated heterocycles. The van der Waals surface area contributed by atoms with Crippen molar-refractivity contribution in [3.63, 3.8) is 0 Å². The summed E-state index contributed by atoms with van der Waals surface area (Å²) in [7, 11) is 0. The molecule has 5 unspecified atom stereocenters. The predicted molar refractivity (Wildman–Crippen MR) is 160 cm³/mol. The Bertz CT molecular complexity index is 1640. The number of aromatic amines is 2. The van der Waals surface area contributed by atoms with Crippen LogP contribution in [0, 0.1) is 0 Å². The quantitative estimate of drug-likeness (QED) is 0.137. The van der Waals surface area contributed by atoms with Crippen molar-refractivity contribution in [2.75, 3.05) is 6.54 Å². The Kier molecular flexibility index (Phi) is 8.78. The van der Waals surface area contributed by atoms with Crippen LogP contribution in [0.4, 0.5) is 0 Å². The van der Waals surface area contributed by atoms with E-state index >= 15 is 0 Å². The number of aliphatic hydroxyl groups is 1. The summed E-state index contributed by atoms with van der Waals surface area (Å²) in [4.78, 5) is 59.9. The van der Waals surface area contributed by atoms with Crippen molar-refractivity contribution in [1.29, 1.82) is 0 Å². The maximum absolute atomic E-state index is 13.6. The fraction of sp³-hybridized carbons (Fsp3) is 0.355. The number of nitrogens with one attached hydrogen (secondary N) is 4. The standard InChI is InChI=1S/C31H36N6O6/c1-17(38)27(31(42)43)36-28(39)25(14-19-16-34-24-10-5-3-8-21(19)24)35-29(40)26-11-6-12-37(26)30(41)22(32)13-18-15-33-23-9-4-2-7-20(18)23/h2-5,7-10,15-17,22,25-27,33-34,38H,6,11-14,32H2,1H3,(H,35,40)(H,36,39)(H,42,43). The summed E-state index contributed by atoms with van der Waals surface area (Å²) in [6, 6.07) is 10.7. The van der Waals surface area contributed by atoms with E-state index in [9.17, 15) is 29.4 Å². The van der Waals surface area contributed by atoms with Crippen molar-refractivity contribution < 1.29 is 29.4 Å². The van der Waals surface area contributed by atoms with E-state index < -0.39 is 48.1 Å². The lowest BCUT2D eigenvalue weighted by atomic mass is 10.0. The zero-order valence-corrected chi connectivity index (χ0v) is 23.7. The summed E-state index contributed by atoms with van der Waals surface area (Å²) in [5.41, 5.74) is 9.78. The van der Waals surface area contributed by atoms with Gasteiger partial charge in [0.05, 0.1) is 12.1 Å². The molecule has 0 radical (unpaired) electrons. The van der Waals surface area contributed by atoms with Gasteiger partial charge in [-0.3, -0.25) is 14.4 Å². The summed E-state index contributed by atoms with van der Waals surface area (Å²) in [5, 5.41) is 26.3. The monoisotopic (exact) mass is 588 g/mol. The van der Waals surface area contributed by atoms with Gasteiger partial charge >= 0.3 is 5.97 Å². The minimum atomic E-state index is -1.57. The third kappa shape index (κ3) is 6.40. The van der Waals surface area contributed by atoms with Crippen molar-refractivity contribution >= 4 is 45.5 Å². The first-order chi connectivity index (χ1) is 20.6. The number of benzene rings is 2. The van der Waals surface area contributed by atoms with Crippen molar-refractivity contribution in [3.05, 3.63) is 72.1 Å². The summed E-state index contributed by atoms with van der Waals surface area (Å²) in [6.07, 6.45) is 3.51. The summed E-state index contributed by atoms with van der Waals surface area (Å²) in [6.45, 7) is 1.61. The van der Waals surface area contributed by atoms with Crippen LogP contribution in [-0.4, -0.2) is 85.6 Å². The summed E-state index contributed by atoms with van der Waals surface area (Å²) < 4.78 is 0. The maximum Gasteiger partial charge on any atom is 0.328 e. The van der Waals surface area contributed by atoms with Crippen LogP contribution in [0.1, 0.15) is 30.9 Å². The number of likely N-dealkylation sites (tertiary alicyclic amines) is 1. The van der Waals surface area contributed by atoms with Gasteiger partial charge in [-0.2, -0.15) is 0 Å². The average Bonchev–Trinajstić information content (AvgIpc) is 3.74. The zero-order chi connectivity index (χ0) is 30.7. The average molecular weight is 589 g/mol. The molecule has 0 aliphatic carbocycles. The number of aliphatic hydroxyl groups excluding tert-OH is 1. The zero-order valence-electron chi connectivity index (χ0n) is 23.7. The van der Waals surface area contributed by atoms with E-state index in [0.29, 0.717) is 19.4 Å². The molecule has 0 spiro atoms. The number of aliphatic carboxylic acids is 1. The van der Waals surface area contributed by atoms with Gasteiger partial charge in [0.1, 0.15) is 12.1 Å². The van der Waals surface area contributed by atoms with Crippen molar-refractivity contribution in [2.24, 2.45) is 5.73 Å². The highest BCUT2D eigenvalue weighted by Crippen LogP contribution is 2.23. The molecule has 12 nitrogen and oxygen atoms in total. The Labute approximate surface area is 247 Å². The lowest BCUT2D eigenvalue weighted by Gasteiger charge is -2.29. The van der Waals surface area contributed by atoms with Gasteiger partial charge in [-0.1, -0.05) is 36.4 Å². The van der Waals surface area contributed by atoms with Crippen LogP contribution in [0.3, 0.4) is 0 Å².